The maximum absolute atomic E-state index is 11.2. The van der Waals surface area contributed by atoms with Gasteiger partial charge in [0.15, 0.2) is 0 Å². The molecule has 3 N–H and O–H groups in total. The summed E-state index contributed by atoms with van der Waals surface area (Å²) in [6.45, 7) is 4.06. The molecule has 0 spiro atoms. The Morgan fingerprint density at radius 2 is 2.27 bits per heavy atom. The predicted molar refractivity (Wildman–Crippen MR) is 42.6 cm³/mol. The third kappa shape index (κ3) is 2.48. The molecular formula is C7H16N2O2. The van der Waals surface area contributed by atoms with Crippen molar-refractivity contribution in [3.05, 3.63) is 0 Å². The number of nitrogens with two attached hydrogens (primary N) is 1. The van der Waals surface area contributed by atoms with Gasteiger partial charge in [-0.1, -0.05) is 6.92 Å². The predicted octanol–water partition coefficient (Wildman–Crippen LogP) is 0.0390. The molecular weight excluding hydrogens is 144 g/mol. The second-order valence-electron chi connectivity index (χ2n) is 2.75. The molecule has 0 saturated carbocycles. The lowest BCUT2D eigenvalue weighted by Crippen LogP contribution is -2.43. The molecule has 0 radical (unpaired) electrons. The molecule has 0 bridgehead atoms. The second-order valence-corrected chi connectivity index (χ2v) is 2.75. The van der Waals surface area contributed by atoms with Crippen molar-refractivity contribution in [2.45, 2.75) is 20.3 Å². The van der Waals surface area contributed by atoms with Crippen molar-refractivity contribution in [2.75, 3.05) is 13.7 Å². The number of carbonyl (C=O) groups is 1. The molecule has 0 rings (SSSR count). The van der Waals surface area contributed by atoms with Crippen LogP contribution in [-0.4, -0.2) is 19.6 Å². The van der Waals surface area contributed by atoms with E-state index < -0.39 is 5.41 Å². The molecule has 0 fully saturated rings. The van der Waals surface area contributed by atoms with Crippen LogP contribution in [0.1, 0.15) is 20.3 Å². The minimum Gasteiger partial charge on any atom is -0.329 e. The molecule has 0 aliphatic carbocycles. The molecule has 1 amide bonds. The highest BCUT2D eigenvalue weighted by atomic mass is 16.6. The molecule has 0 saturated heterocycles. The molecule has 1 atom stereocenters. The van der Waals surface area contributed by atoms with Crippen LogP contribution in [0.15, 0.2) is 0 Å². The summed E-state index contributed by atoms with van der Waals surface area (Å²) in [6.07, 6.45) is 0.707. The van der Waals surface area contributed by atoms with E-state index in [1.165, 1.54) is 7.11 Å². The summed E-state index contributed by atoms with van der Waals surface area (Å²) in [5.74, 6) is -0.162. The van der Waals surface area contributed by atoms with Crippen LogP contribution in [0.4, 0.5) is 0 Å². The van der Waals surface area contributed by atoms with Gasteiger partial charge in [-0.3, -0.25) is 9.63 Å². The van der Waals surface area contributed by atoms with Crippen LogP contribution in [0, 0.1) is 5.41 Å². The second kappa shape index (κ2) is 4.31. The smallest absolute Gasteiger partial charge is 0.250 e. The first kappa shape index (κ1) is 10.4. The number of hydrogen-bond acceptors (Lipinski definition) is 3. The van der Waals surface area contributed by atoms with Gasteiger partial charge in [-0.25, -0.2) is 5.48 Å². The molecule has 1 unspecified atom stereocenters. The molecule has 0 aromatic rings. The van der Waals surface area contributed by atoms with Gasteiger partial charge in [0.2, 0.25) is 0 Å². The number of hydroxylamine groups is 1. The van der Waals surface area contributed by atoms with Gasteiger partial charge in [-0.15, -0.1) is 0 Å². The summed E-state index contributed by atoms with van der Waals surface area (Å²) >= 11 is 0. The fraction of sp³-hybridized carbons (Fsp3) is 0.857. The molecule has 0 aromatic carbocycles. The van der Waals surface area contributed by atoms with E-state index in [1.807, 2.05) is 6.92 Å². The molecule has 4 nitrogen and oxygen atoms in total. The van der Waals surface area contributed by atoms with Crippen molar-refractivity contribution in [1.29, 1.82) is 0 Å². The van der Waals surface area contributed by atoms with Gasteiger partial charge in [-0.2, -0.15) is 0 Å². The molecule has 66 valence electrons. The Balaban J connectivity index is 4.12. The zero-order valence-electron chi connectivity index (χ0n) is 7.31. The summed E-state index contributed by atoms with van der Waals surface area (Å²) < 4.78 is 0. The highest BCUT2D eigenvalue weighted by Crippen LogP contribution is 2.18. The SMILES string of the molecule is CCC(C)(CN)C(=O)NOC. The summed E-state index contributed by atoms with van der Waals surface area (Å²) in [5.41, 5.74) is 7.20. The Bertz CT molecular complexity index is 132. The third-order valence-electron chi connectivity index (χ3n) is 1.97. The van der Waals surface area contributed by atoms with Gasteiger partial charge in [-0.05, 0) is 13.3 Å². The van der Waals surface area contributed by atoms with E-state index in [-0.39, 0.29) is 5.91 Å². The van der Waals surface area contributed by atoms with Gasteiger partial charge in [0.05, 0.1) is 12.5 Å². The summed E-state index contributed by atoms with van der Waals surface area (Å²) in [6, 6.07) is 0. The first-order valence-electron chi connectivity index (χ1n) is 3.64. The van der Waals surface area contributed by atoms with Gasteiger partial charge in [0.25, 0.3) is 5.91 Å². The van der Waals surface area contributed by atoms with Gasteiger partial charge in [0.1, 0.15) is 0 Å². The monoisotopic (exact) mass is 160 g/mol. The Labute approximate surface area is 67.0 Å². The van der Waals surface area contributed by atoms with Gasteiger partial charge < -0.3 is 5.73 Å². The van der Waals surface area contributed by atoms with Crippen molar-refractivity contribution in [1.82, 2.24) is 5.48 Å². The summed E-state index contributed by atoms with van der Waals surface area (Å²) in [5, 5.41) is 0. The zero-order chi connectivity index (χ0) is 8.91. The molecule has 4 heteroatoms. The van der Waals surface area contributed by atoms with Gasteiger partial charge in [0, 0.05) is 6.54 Å². The highest BCUT2D eigenvalue weighted by molar-refractivity contribution is 5.81. The Morgan fingerprint density at radius 3 is 2.55 bits per heavy atom. The third-order valence-corrected chi connectivity index (χ3v) is 1.97. The van der Waals surface area contributed by atoms with Crippen molar-refractivity contribution in [3.8, 4) is 0 Å². The molecule has 0 heterocycles. The van der Waals surface area contributed by atoms with E-state index in [0.717, 1.165) is 0 Å². The maximum Gasteiger partial charge on any atom is 0.250 e. The van der Waals surface area contributed by atoms with E-state index in [0.29, 0.717) is 13.0 Å². The van der Waals surface area contributed by atoms with Crippen LogP contribution in [-0.2, 0) is 9.63 Å². The first-order valence-corrected chi connectivity index (χ1v) is 3.64. The fourth-order valence-electron chi connectivity index (χ4n) is 0.613. The maximum atomic E-state index is 11.2. The van der Waals surface area contributed by atoms with Crippen molar-refractivity contribution in [2.24, 2.45) is 11.1 Å². The van der Waals surface area contributed by atoms with Crippen LogP contribution in [0.3, 0.4) is 0 Å². The quantitative estimate of drug-likeness (QED) is 0.571. The lowest BCUT2D eigenvalue weighted by molar-refractivity contribution is -0.140. The fourth-order valence-corrected chi connectivity index (χ4v) is 0.613. The zero-order valence-corrected chi connectivity index (χ0v) is 7.31. The number of amides is 1. The number of rotatable bonds is 4. The largest absolute Gasteiger partial charge is 0.329 e. The average Bonchev–Trinajstić information content (AvgIpc) is 2.03. The van der Waals surface area contributed by atoms with Crippen LogP contribution >= 0.6 is 0 Å². The highest BCUT2D eigenvalue weighted by Gasteiger charge is 2.29. The molecule has 0 aliphatic rings. The number of nitrogens with one attached hydrogen (secondary N) is 1. The standard InChI is InChI=1S/C7H16N2O2/c1-4-7(2,5-8)6(10)9-11-3/h4-5,8H2,1-3H3,(H,9,10). The van der Waals surface area contributed by atoms with Gasteiger partial charge >= 0.3 is 0 Å². The van der Waals surface area contributed by atoms with Crippen LogP contribution in [0.2, 0.25) is 0 Å². The van der Waals surface area contributed by atoms with Crippen molar-refractivity contribution < 1.29 is 9.63 Å². The van der Waals surface area contributed by atoms with Crippen LogP contribution in [0.25, 0.3) is 0 Å². The van der Waals surface area contributed by atoms with E-state index in [2.05, 4.69) is 10.3 Å². The normalized spacial score (nSPS) is 15.6. The van der Waals surface area contributed by atoms with E-state index in [4.69, 9.17) is 5.73 Å². The Morgan fingerprint density at radius 1 is 1.73 bits per heavy atom. The van der Waals surface area contributed by atoms with E-state index in [1.54, 1.807) is 6.92 Å². The Kier molecular flexibility index (Phi) is 4.07. The van der Waals surface area contributed by atoms with E-state index >= 15 is 0 Å². The minimum absolute atomic E-state index is 0.162. The average molecular weight is 160 g/mol. The van der Waals surface area contributed by atoms with Crippen molar-refractivity contribution in [3.63, 3.8) is 0 Å². The lowest BCUT2D eigenvalue weighted by atomic mass is 9.87. The number of hydrogen-bond donors (Lipinski definition) is 2. The number of carbonyl (C=O) groups excluding carboxylic acids is 1. The topological polar surface area (TPSA) is 64.4 Å². The summed E-state index contributed by atoms with van der Waals surface area (Å²) in [7, 11) is 1.41. The first-order chi connectivity index (χ1) is 5.10. The van der Waals surface area contributed by atoms with Crippen LogP contribution < -0.4 is 11.2 Å². The molecule has 11 heavy (non-hydrogen) atoms. The van der Waals surface area contributed by atoms with Crippen LogP contribution in [0.5, 0.6) is 0 Å². The molecule has 0 aliphatic heterocycles. The Hall–Kier alpha value is -0.610. The van der Waals surface area contributed by atoms with E-state index in [9.17, 15) is 4.79 Å². The lowest BCUT2D eigenvalue weighted by Gasteiger charge is -2.23. The summed E-state index contributed by atoms with van der Waals surface area (Å²) in [4.78, 5) is 15.7. The van der Waals surface area contributed by atoms with Crippen molar-refractivity contribution >= 4 is 5.91 Å². The molecule has 0 aromatic heterocycles. The minimum atomic E-state index is -0.504.